The van der Waals surface area contributed by atoms with Crippen LogP contribution in [0.4, 0.5) is 0 Å². The van der Waals surface area contributed by atoms with E-state index in [9.17, 15) is 5.21 Å². The minimum absolute atomic E-state index is 0.0400. The molecule has 0 aromatic carbocycles. The van der Waals surface area contributed by atoms with Gasteiger partial charge in [-0.1, -0.05) is 5.92 Å². The predicted octanol–water partition coefficient (Wildman–Crippen LogP) is 2.83. The van der Waals surface area contributed by atoms with Crippen molar-refractivity contribution in [1.82, 2.24) is 5.06 Å². The van der Waals surface area contributed by atoms with E-state index >= 15 is 0 Å². The Morgan fingerprint density at radius 2 is 1.71 bits per heavy atom. The Bertz CT molecular complexity index is 307. The third kappa shape index (κ3) is 3.45. The molecule has 1 fully saturated rings. The number of ether oxygens (including phenoxy) is 1. The summed E-state index contributed by atoms with van der Waals surface area (Å²) in [6.07, 6.45) is 1.76. The van der Waals surface area contributed by atoms with Gasteiger partial charge < -0.3 is 9.94 Å². The standard InChI is InChI=1S/C14H25NO2/c1-7-8-11(2)17-12-9-13(3,4)15(16)14(5,6)10-12/h11-12,16H,9-10H2,1-6H3. The fraction of sp³-hybridized carbons (Fsp3) is 0.857. The van der Waals surface area contributed by atoms with Gasteiger partial charge in [0, 0.05) is 11.1 Å². The second-order valence-electron chi connectivity index (χ2n) is 6.14. The Morgan fingerprint density at radius 1 is 1.24 bits per heavy atom. The SMILES string of the molecule is CC#CC(C)OC1CC(C)(C)N(O)C(C)(C)C1. The zero-order valence-corrected chi connectivity index (χ0v) is 11.9. The van der Waals surface area contributed by atoms with E-state index in [4.69, 9.17) is 4.74 Å². The molecule has 1 aliphatic rings. The summed E-state index contributed by atoms with van der Waals surface area (Å²) in [5, 5.41) is 11.6. The third-order valence-corrected chi connectivity index (χ3v) is 3.35. The van der Waals surface area contributed by atoms with Crippen LogP contribution < -0.4 is 0 Å². The predicted molar refractivity (Wildman–Crippen MR) is 68.8 cm³/mol. The van der Waals surface area contributed by atoms with E-state index in [0.29, 0.717) is 0 Å². The number of hydrogen-bond donors (Lipinski definition) is 1. The fourth-order valence-corrected chi connectivity index (χ4v) is 2.80. The maximum Gasteiger partial charge on any atom is 0.115 e. The van der Waals surface area contributed by atoms with Crippen molar-refractivity contribution in [1.29, 1.82) is 0 Å². The Hall–Kier alpha value is -0.560. The molecule has 1 atom stereocenters. The summed E-state index contributed by atoms with van der Waals surface area (Å²) in [5.41, 5.74) is -0.516. The highest BCUT2D eigenvalue weighted by Crippen LogP contribution is 2.38. The molecular weight excluding hydrogens is 214 g/mol. The van der Waals surface area contributed by atoms with Gasteiger partial charge >= 0.3 is 0 Å². The summed E-state index contributed by atoms with van der Waals surface area (Å²) in [6.45, 7) is 12.0. The molecule has 98 valence electrons. The molecule has 3 heteroatoms. The van der Waals surface area contributed by atoms with Crippen LogP contribution in [0.25, 0.3) is 0 Å². The summed E-state index contributed by atoms with van der Waals surface area (Å²) < 4.78 is 5.94. The second kappa shape index (κ2) is 4.97. The number of hydrogen-bond acceptors (Lipinski definition) is 3. The van der Waals surface area contributed by atoms with Gasteiger partial charge in [0.05, 0.1) is 6.10 Å². The summed E-state index contributed by atoms with van der Waals surface area (Å²) >= 11 is 0. The Morgan fingerprint density at radius 3 is 2.12 bits per heavy atom. The van der Waals surface area contributed by atoms with E-state index < -0.39 is 0 Å². The zero-order chi connectivity index (χ0) is 13.3. The van der Waals surface area contributed by atoms with Gasteiger partial charge in [-0.2, -0.15) is 5.06 Å². The molecule has 3 nitrogen and oxygen atoms in total. The van der Waals surface area contributed by atoms with Crippen molar-refractivity contribution in [2.75, 3.05) is 0 Å². The molecular formula is C14H25NO2. The molecule has 0 saturated carbocycles. The van der Waals surface area contributed by atoms with Gasteiger partial charge in [-0.15, -0.1) is 5.92 Å². The lowest BCUT2D eigenvalue weighted by Crippen LogP contribution is -2.60. The van der Waals surface area contributed by atoms with E-state index in [0.717, 1.165) is 12.8 Å². The lowest BCUT2D eigenvalue weighted by Gasteiger charge is -2.51. The first-order valence-electron chi connectivity index (χ1n) is 6.26. The molecule has 1 N–H and O–H groups in total. The van der Waals surface area contributed by atoms with Crippen LogP contribution in [-0.2, 0) is 4.74 Å². The molecule has 17 heavy (non-hydrogen) atoms. The lowest BCUT2D eigenvalue weighted by atomic mass is 9.80. The first-order chi connectivity index (χ1) is 7.69. The lowest BCUT2D eigenvalue weighted by molar-refractivity contribution is -0.262. The summed E-state index contributed by atoms with van der Waals surface area (Å²) in [6, 6.07) is 0. The van der Waals surface area contributed by atoms with Gasteiger partial charge in [-0.3, -0.25) is 0 Å². The first kappa shape index (κ1) is 14.5. The first-order valence-corrected chi connectivity index (χ1v) is 6.26. The molecule has 0 aromatic rings. The molecule has 0 aromatic heterocycles. The van der Waals surface area contributed by atoms with Crippen LogP contribution in [0, 0.1) is 11.8 Å². The van der Waals surface area contributed by atoms with Gasteiger partial charge in [0.2, 0.25) is 0 Å². The zero-order valence-electron chi connectivity index (χ0n) is 11.9. The molecule has 1 aliphatic heterocycles. The van der Waals surface area contributed by atoms with E-state index in [1.54, 1.807) is 0 Å². The maximum absolute atomic E-state index is 10.2. The fourth-order valence-electron chi connectivity index (χ4n) is 2.80. The van der Waals surface area contributed by atoms with Crippen molar-refractivity contribution in [3.05, 3.63) is 0 Å². The largest absolute Gasteiger partial charge is 0.362 e. The quantitative estimate of drug-likeness (QED) is 0.752. The van der Waals surface area contributed by atoms with Crippen molar-refractivity contribution in [2.45, 2.75) is 77.7 Å². The molecule has 0 amide bonds. The average molecular weight is 239 g/mol. The molecule has 0 radical (unpaired) electrons. The monoisotopic (exact) mass is 239 g/mol. The molecule has 0 spiro atoms. The van der Waals surface area contributed by atoms with Gasteiger partial charge in [-0.25, -0.2) is 0 Å². The van der Waals surface area contributed by atoms with E-state index in [1.165, 1.54) is 5.06 Å². The van der Waals surface area contributed by atoms with Crippen LogP contribution in [0.1, 0.15) is 54.4 Å². The molecule has 1 heterocycles. The van der Waals surface area contributed by atoms with Gasteiger partial charge in [-0.05, 0) is 54.4 Å². The Labute approximate surface area is 105 Å². The van der Waals surface area contributed by atoms with Crippen molar-refractivity contribution in [2.24, 2.45) is 0 Å². The van der Waals surface area contributed by atoms with Crippen LogP contribution in [-0.4, -0.2) is 33.6 Å². The van der Waals surface area contributed by atoms with Crippen molar-refractivity contribution in [3.8, 4) is 11.8 Å². The number of piperidine rings is 1. The second-order valence-corrected chi connectivity index (χ2v) is 6.14. The Balaban J connectivity index is 2.74. The van der Waals surface area contributed by atoms with Crippen LogP contribution >= 0.6 is 0 Å². The summed E-state index contributed by atoms with van der Waals surface area (Å²) in [5.74, 6) is 5.88. The van der Waals surface area contributed by atoms with Crippen LogP contribution in [0.15, 0.2) is 0 Å². The van der Waals surface area contributed by atoms with Crippen LogP contribution in [0.5, 0.6) is 0 Å². The normalized spacial score (nSPS) is 26.1. The van der Waals surface area contributed by atoms with Gasteiger partial charge in [0.25, 0.3) is 0 Å². The van der Waals surface area contributed by atoms with Crippen molar-refractivity contribution in [3.63, 3.8) is 0 Å². The molecule has 1 saturated heterocycles. The minimum atomic E-state index is -0.258. The highest BCUT2D eigenvalue weighted by molar-refractivity contribution is 5.02. The van der Waals surface area contributed by atoms with E-state index in [2.05, 4.69) is 11.8 Å². The van der Waals surface area contributed by atoms with Crippen LogP contribution in [0.3, 0.4) is 0 Å². The minimum Gasteiger partial charge on any atom is -0.362 e. The highest BCUT2D eigenvalue weighted by Gasteiger charge is 2.45. The Kier molecular flexibility index (Phi) is 4.24. The number of nitrogens with zero attached hydrogens (tertiary/aromatic N) is 1. The summed E-state index contributed by atoms with van der Waals surface area (Å²) in [4.78, 5) is 0. The highest BCUT2D eigenvalue weighted by atomic mass is 16.5. The van der Waals surface area contributed by atoms with E-state index in [1.807, 2.05) is 41.5 Å². The van der Waals surface area contributed by atoms with E-state index in [-0.39, 0.29) is 23.3 Å². The smallest absolute Gasteiger partial charge is 0.115 e. The number of rotatable bonds is 2. The van der Waals surface area contributed by atoms with Gasteiger partial charge in [0.15, 0.2) is 0 Å². The number of hydroxylamine groups is 2. The average Bonchev–Trinajstić information content (AvgIpc) is 2.13. The molecule has 0 bridgehead atoms. The van der Waals surface area contributed by atoms with Crippen LogP contribution in [0.2, 0.25) is 0 Å². The van der Waals surface area contributed by atoms with Crippen molar-refractivity contribution >= 4 is 0 Å². The van der Waals surface area contributed by atoms with Gasteiger partial charge in [0.1, 0.15) is 6.10 Å². The topological polar surface area (TPSA) is 32.7 Å². The third-order valence-electron chi connectivity index (χ3n) is 3.35. The summed E-state index contributed by atoms with van der Waals surface area (Å²) in [7, 11) is 0. The molecule has 1 unspecified atom stereocenters. The molecule has 0 aliphatic carbocycles. The molecule has 1 rings (SSSR count). The van der Waals surface area contributed by atoms with Crippen molar-refractivity contribution < 1.29 is 9.94 Å². The maximum atomic E-state index is 10.2.